The number of imidazole rings is 1. The van der Waals surface area contributed by atoms with Crippen molar-refractivity contribution in [3.63, 3.8) is 0 Å². The Morgan fingerprint density at radius 1 is 0.902 bits per heavy atom. The molecule has 6 N–H and O–H groups in total. The molecule has 2 atom stereocenters. The number of nitrogens with two attached hydrogens (primary N) is 1. The monoisotopic (exact) mass is 708 g/mol. The standard InChI is InChI=1S/C37H56N8O6/c1-35(2,3)50-31(46)27(15-11-12-16-38)41-32(47)37(7,8)29-23-40-30(43-29)28(21-24-22-39-26-14-10-9-13-25(24)26)42-33(48)44-17-19-45(20-18-44)34(49)51-36(4,5)6/h9-10,13-14,22-23,27-28,39H,11-12,15-21,38H2,1-8H3,(H,40,43)(H,41,47)(H,42,48)/t27-,28-/m1/s1. The van der Waals surface area contributed by atoms with E-state index in [1.54, 1.807) is 50.6 Å². The highest BCUT2D eigenvalue weighted by atomic mass is 16.6. The molecule has 51 heavy (non-hydrogen) atoms. The zero-order chi connectivity index (χ0) is 37.6. The van der Waals surface area contributed by atoms with Gasteiger partial charge in [0.15, 0.2) is 0 Å². The van der Waals surface area contributed by atoms with E-state index >= 15 is 0 Å². The Kier molecular flexibility index (Phi) is 12.4. The van der Waals surface area contributed by atoms with Crippen LogP contribution in [0.1, 0.15) is 97.8 Å². The quantitative estimate of drug-likeness (QED) is 0.133. The number of para-hydroxylation sites is 1. The van der Waals surface area contributed by atoms with Crippen LogP contribution in [0, 0.1) is 0 Å². The average molecular weight is 709 g/mol. The third-order valence-electron chi connectivity index (χ3n) is 8.73. The van der Waals surface area contributed by atoms with E-state index in [4.69, 9.17) is 15.2 Å². The maximum atomic E-state index is 13.8. The van der Waals surface area contributed by atoms with Crippen molar-refractivity contribution in [2.45, 2.75) is 110 Å². The molecular formula is C37H56N8O6. The number of aromatic amines is 2. The summed E-state index contributed by atoms with van der Waals surface area (Å²) in [5.41, 5.74) is 5.72. The van der Waals surface area contributed by atoms with Crippen LogP contribution in [0.15, 0.2) is 36.7 Å². The van der Waals surface area contributed by atoms with Crippen molar-refractivity contribution in [2.75, 3.05) is 32.7 Å². The van der Waals surface area contributed by atoms with Crippen LogP contribution in [0.5, 0.6) is 0 Å². The highest BCUT2D eigenvalue weighted by Gasteiger charge is 2.37. The molecule has 0 bridgehead atoms. The number of amides is 4. The molecule has 14 heteroatoms. The Morgan fingerprint density at radius 3 is 2.20 bits per heavy atom. The molecule has 1 aliphatic heterocycles. The van der Waals surface area contributed by atoms with Crippen molar-refractivity contribution < 1.29 is 28.7 Å². The summed E-state index contributed by atoms with van der Waals surface area (Å²) in [6.45, 7) is 16.2. The molecule has 0 saturated carbocycles. The van der Waals surface area contributed by atoms with Crippen molar-refractivity contribution in [2.24, 2.45) is 5.73 Å². The summed E-state index contributed by atoms with van der Waals surface area (Å²) in [6.07, 6.45) is 5.29. The van der Waals surface area contributed by atoms with Gasteiger partial charge in [0, 0.05) is 61.6 Å². The zero-order valence-electron chi connectivity index (χ0n) is 31.4. The van der Waals surface area contributed by atoms with Crippen molar-refractivity contribution in [3.05, 3.63) is 53.7 Å². The van der Waals surface area contributed by atoms with Crippen molar-refractivity contribution in [1.29, 1.82) is 0 Å². The number of H-pyrrole nitrogens is 2. The summed E-state index contributed by atoms with van der Waals surface area (Å²) in [5.74, 6) is -0.396. The van der Waals surface area contributed by atoms with Gasteiger partial charge in [-0.25, -0.2) is 19.4 Å². The topological polar surface area (TPSA) is 188 Å². The molecule has 14 nitrogen and oxygen atoms in total. The van der Waals surface area contributed by atoms with Crippen LogP contribution in [-0.2, 0) is 30.9 Å². The van der Waals surface area contributed by atoms with Gasteiger partial charge in [-0.3, -0.25) is 4.79 Å². The Morgan fingerprint density at radius 2 is 1.55 bits per heavy atom. The normalized spacial score (nSPS) is 15.3. The number of hydrogen-bond acceptors (Lipinski definition) is 8. The van der Waals surface area contributed by atoms with E-state index in [0.29, 0.717) is 69.9 Å². The number of aromatic nitrogens is 3. The second kappa shape index (κ2) is 16.2. The van der Waals surface area contributed by atoms with E-state index in [1.165, 1.54) is 0 Å². The minimum atomic E-state index is -1.12. The SMILES string of the molecule is CC(C)(C)OC(=O)[C@@H](CCCCN)NC(=O)C(C)(C)c1cnc([C@@H](Cc2c[nH]c3ccccc23)NC(=O)N2CCN(C(=O)OC(C)(C)C)CC2)[nH]1. The lowest BCUT2D eigenvalue weighted by Gasteiger charge is -2.36. The number of urea groups is 1. The van der Waals surface area contributed by atoms with E-state index in [-0.39, 0.29) is 11.9 Å². The number of carbonyl (C=O) groups is 4. The lowest BCUT2D eigenvalue weighted by molar-refractivity contribution is -0.159. The minimum absolute atomic E-state index is 0.295. The Labute approximate surface area is 300 Å². The Bertz CT molecular complexity index is 1660. The zero-order valence-corrected chi connectivity index (χ0v) is 31.4. The molecule has 0 aliphatic carbocycles. The van der Waals surface area contributed by atoms with E-state index in [9.17, 15) is 19.2 Å². The van der Waals surface area contributed by atoms with Crippen LogP contribution in [-0.4, -0.2) is 98.7 Å². The van der Waals surface area contributed by atoms with Gasteiger partial charge < -0.3 is 45.6 Å². The fraction of sp³-hybridized carbons (Fsp3) is 0.595. The van der Waals surface area contributed by atoms with Gasteiger partial charge in [-0.15, -0.1) is 0 Å². The van der Waals surface area contributed by atoms with Crippen molar-refractivity contribution >= 4 is 34.9 Å². The number of esters is 1. The number of hydrogen-bond donors (Lipinski definition) is 5. The lowest BCUT2D eigenvalue weighted by atomic mass is 9.88. The first kappa shape index (κ1) is 39.2. The lowest BCUT2D eigenvalue weighted by Crippen LogP contribution is -2.54. The van der Waals surface area contributed by atoms with Gasteiger partial charge in [-0.1, -0.05) is 18.2 Å². The summed E-state index contributed by atoms with van der Waals surface area (Å²) in [6, 6.07) is 6.21. The summed E-state index contributed by atoms with van der Waals surface area (Å²) in [7, 11) is 0. The highest BCUT2D eigenvalue weighted by Crippen LogP contribution is 2.28. The van der Waals surface area contributed by atoms with E-state index in [2.05, 4.69) is 25.6 Å². The molecule has 4 rings (SSSR count). The predicted molar refractivity (Wildman–Crippen MR) is 195 cm³/mol. The summed E-state index contributed by atoms with van der Waals surface area (Å²) < 4.78 is 11.1. The maximum Gasteiger partial charge on any atom is 0.410 e. The van der Waals surface area contributed by atoms with Gasteiger partial charge in [0.25, 0.3) is 0 Å². The number of nitrogens with one attached hydrogen (secondary N) is 4. The first-order chi connectivity index (χ1) is 23.9. The second-order valence-corrected chi connectivity index (χ2v) is 15.7. The first-order valence-electron chi connectivity index (χ1n) is 17.8. The molecule has 4 amide bonds. The number of benzene rings is 1. The molecule has 1 fully saturated rings. The molecule has 3 heterocycles. The minimum Gasteiger partial charge on any atom is -0.458 e. The molecule has 0 unspecified atom stereocenters. The third kappa shape index (κ3) is 10.7. The first-order valence-corrected chi connectivity index (χ1v) is 17.8. The number of unbranched alkanes of at least 4 members (excludes halogenated alkanes) is 1. The molecule has 2 aromatic heterocycles. The Balaban J connectivity index is 1.53. The smallest absolute Gasteiger partial charge is 0.410 e. The number of nitrogens with zero attached hydrogens (tertiary/aromatic N) is 3. The molecule has 280 valence electrons. The number of carbonyl (C=O) groups excluding carboxylic acids is 4. The number of rotatable bonds is 12. The molecule has 1 saturated heterocycles. The summed E-state index contributed by atoms with van der Waals surface area (Å²) in [5, 5.41) is 7.09. The second-order valence-electron chi connectivity index (χ2n) is 15.7. The fourth-order valence-electron chi connectivity index (χ4n) is 5.80. The van der Waals surface area contributed by atoms with Crippen LogP contribution in [0.2, 0.25) is 0 Å². The summed E-state index contributed by atoms with van der Waals surface area (Å²) >= 11 is 0. The Hall–Kier alpha value is -4.59. The largest absolute Gasteiger partial charge is 0.458 e. The van der Waals surface area contributed by atoms with Crippen molar-refractivity contribution in [1.82, 2.24) is 35.4 Å². The molecule has 1 aliphatic rings. The van der Waals surface area contributed by atoms with Gasteiger partial charge in [0.1, 0.15) is 23.1 Å². The van der Waals surface area contributed by atoms with Gasteiger partial charge in [0.2, 0.25) is 5.91 Å². The van der Waals surface area contributed by atoms with Crippen LogP contribution < -0.4 is 16.4 Å². The maximum absolute atomic E-state index is 13.8. The van der Waals surface area contributed by atoms with Gasteiger partial charge in [-0.05, 0) is 92.8 Å². The van der Waals surface area contributed by atoms with Crippen molar-refractivity contribution in [3.8, 4) is 0 Å². The number of fused-ring (bicyclic) bond motifs is 1. The molecule has 3 aromatic rings. The fourth-order valence-corrected chi connectivity index (χ4v) is 5.80. The molecule has 0 spiro atoms. The highest BCUT2D eigenvalue weighted by molar-refractivity contribution is 5.91. The van der Waals surface area contributed by atoms with Gasteiger partial charge in [-0.2, -0.15) is 0 Å². The number of ether oxygens (including phenoxy) is 2. The summed E-state index contributed by atoms with van der Waals surface area (Å²) in [4.78, 5) is 67.7. The van der Waals surface area contributed by atoms with Gasteiger partial charge in [0.05, 0.1) is 11.5 Å². The van der Waals surface area contributed by atoms with Crippen LogP contribution >= 0.6 is 0 Å². The average Bonchev–Trinajstić information content (AvgIpc) is 3.71. The molecule has 0 radical (unpaired) electrons. The number of piperazine rings is 1. The van der Waals surface area contributed by atoms with E-state index in [1.807, 2.05) is 51.2 Å². The van der Waals surface area contributed by atoms with Crippen LogP contribution in [0.3, 0.4) is 0 Å². The molecule has 1 aromatic carbocycles. The third-order valence-corrected chi connectivity index (χ3v) is 8.73. The van der Waals surface area contributed by atoms with E-state index < -0.39 is 40.8 Å². The molecular weight excluding hydrogens is 652 g/mol. The van der Waals surface area contributed by atoms with Crippen LogP contribution in [0.4, 0.5) is 9.59 Å². The predicted octanol–water partition coefficient (Wildman–Crippen LogP) is 4.67. The van der Waals surface area contributed by atoms with Crippen LogP contribution in [0.25, 0.3) is 10.9 Å². The van der Waals surface area contributed by atoms with E-state index in [0.717, 1.165) is 16.5 Å². The van der Waals surface area contributed by atoms with Gasteiger partial charge >= 0.3 is 18.1 Å².